The average Bonchev–Trinajstić information content (AvgIpc) is 2.87. The first-order valence-electron chi connectivity index (χ1n) is 7.05. The molecule has 2 aliphatic heterocycles. The van der Waals surface area contributed by atoms with Crippen LogP contribution in [0.25, 0.3) is 0 Å². The summed E-state index contributed by atoms with van der Waals surface area (Å²) in [6.07, 6.45) is 2.32. The van der Waals surface area contributed by atoms with E-state index in [4.69, 9.17) is 0 Å². The second-order valence-corrected chi connectivity index (χ2v) is 5.22. The molecule has 1 fully saturated rings. The van der Waals surface area contributed by atoms with Gasteiger partial charge in [0.05, 0.1) is 12.2 Å². The number of nitrogens with zero attached hydrogens (tertiary/aromatic N) is 1. The maximum atomic E-state index is 3.52. The molecule has 100 valence electrons. The molecule has 2 heterocycles. The Hall–Kier alpha value is -2.42. The molecule has 1 atom stereocenters. The van der Waals surface area contributed by atoms with Gasteiger partial charge in [0.2, 0.25) is 0 Å². The van der Waals surface area contributed by atoms with Crippen LogP contribution in [-0.4, -0.2) is 18.1 Å². The standard InChI is InChI=1S/C17H17N3/c1-2-6-13(7-3-1)15-12-17-18-10-11-20(17)19-16-9-5-4-8-14(15)16/h1-9,12,15,18-19H,10-11H2. The predicted octanol–water partition coefficient (Wildman–Crippen LogP) is 2.91. The Labute approximate surface area is 118 Å². The molecule has 2 aliphatic rings. The Morgan fingerprint density at radius 1 is 0.950 bits per heavy atom. The van der Waals surface area contributed by atoms with Crippen LogP contribution < -0.4 is 10.7 Å². The van der Waals surface area contributed by atoms with E-state index in [1.807, 2.05) is 0 Å². The van der Waals surface area contributed by atoms with Gasteiger partial charge < -0.3 is 5.32 Å². The lowest BCUT2D eigenvalue weighted by Crippen LogP contribution is -2.25. The summed E-state index contributed by atoms with van der Waals surface area (Å²) in [4.78, 5) is 0. The number of para-hydroxylation sites is 1. The molecule has 3 heteroatoms. The molecule has 0 amide bonds. The van der Waals surface area contributed by atoms with Gasteiger partial charge in [-0.15, -0.1) is 0 Å². The van der Waals surface area contributed by atoms with E-state index in [1.165, 1.54) is 22.6 Å². The first kappa shape index (κ1) is 11.4. The zero-order valence-electron chi connectivity index (χ0n) is 11.2. The lowest BCUT2D eigenvalue weighted by Gasteiger charge is -2.20. The monoisotopic (exact) mass is 263 g/mol. The quantitative estimate of drug-likeness (QED) is 0.828. The van der Waals surface area contributed by atoms with Gasteiger partial charge in [-0.3, -0.25) is 10.4 Å². The zero-order valence-corrected chi connectivity index (χ0v) is 11.2. The van der Waals surface area contributed by atoms with Gasteiger partial charge in [-0.1, -0.05) is 48.5 Å². The van der Waals surface area contributed by atoms with E-state index in [1.54, 1.807) is 0 Å². The van der Waals surface area contributed by atoms with Gasteiger partial charge in [-0.05, 0) is 23.3 Å². The van der Waals surface area contributed by atoms with Gasteiger partial charge in [0.25, 0.3) is 0 Å². The molecule has 0 aromatic heterocycles. The summed E-state index contributed by atoms with van der Waals surface area (Å²) < 4.78 is 0. The fourth-order valence-corrected chi connectivity index (χ4v) is 2.98. The van der Waals surface area contributed by atoms with E-state index in [0.29, 0.717) is 0 Å². The Morgan fingerprint density at radius 3 is 2.65 bits per heavy atom. The summed E-state index contributed by atoms with van der Waals surface area (Å²) in [5.41, 5.74) is 7.36. The Morgan fingerprint density at radius 2 is 1.75 bits per heavy atom. The Bertz CT molecular complexity index is 648. The van der Waals surface area contributed by atoms with E-state index < -0.39 is 0 Å². The van der Waals surface area contributed by atoms with Crippen LogP contribution in [0.3, 0.4) is 0 Å². The predicted molar refractivity (Wildman–Crippen MR) is 81.1 cm³/mol. The summed E-state index contributed by atoms with van der Waals surface area (Å²) >= 11 is 0. The van der Waals surface area contributed by atoms with Crippen molar-refractivity contribution in [2.45, 2.75) is 5.92 Å². The highest BCUT2D eigenvalue weighted by molar-refractivity contribution is 5.58. The lowest BCUT2D eigenvalue weighted by atomic mass is 9.90. The largest absolute Gasteiger partial charge is 0.369 e. The first-order chi connectivity index (χ1) is 9.92. The van der Waals surface area contributed by atoms with Crippen molar-refractivity contribution in [3.05, 3.63) is 77.6 Å². The highest BCUT2D eigenvalue weighted by Crippen LogP contribution is 2.35. The van der Waals surface area contributed by atoms with E-state index in [-0.39, 0.29) is 5.92 Å². The molecule has 2 N–H and O–H groups in total. The molecule has 0 bridgehead atoms. The average molecular weight is 263 g/mol. The third-order valence-corrected chi connectivity index (χ3v) is 3.97. The van der Waals surface area contributed by atoms with E-state index in [2.05, 4.69) is 76.4 Å². The summed E-state index contributed by atoms with van der Waals surface area (Å²) in [6.45, 7) is 1.98. The van der Waals surface area contributed by atoms with Crippen LogP contribution in [0.5, 0.6) is 0 Å². The molecule has 0 aliphatic carbocycles. The third-order valence-electron chi connectivity index (χ3n) is 3.97. The number of nitrogens with one attached hydrogen (secondary N) is 2. The van der Waals surface area contributed by atoms with Crippen LogP contribution in [0.4, 0.5) is 5.69 Å². The number of hydrogen-bond donors (Lipinski definition) is 2. The minimum Gasteiger partial charge on any atom is -0.369 e. The zero-order chi connectivity index (χ0) is 13.4. The molecule has 0 radical (unpaired) electrons. The first-order valence-corrected chi connectivity index (χ1v) is 7.05. The summed E-state index contributed by atoms with van der Waals surface area (Å²) in [5.74, 6) is 1.46. The molecular weight excluding hydrogens is 246 g/mol. The van der Waals surface area contributed by atoms with Crippen molar-refractivity contribution in [1.82, 2.24) is 10.3 Å². The van der Waals surface area contributed by atoms with Gasteiger partial charge in [0.1, 0.15) is 5.82 Å². The summed E-state index contributed by atoms with van der Waals surface area (Å²) in [5, 5.41) is 5.65. The van der Waals surface area contributed by atoms with Crippen molar-refractivity contribution in [1.29, 1.82) is 0 Å². The summed E-state index contributed by atoms with van der Waals surface area (Å²) in [6, 6.07) is 19.2. The molecule has 1 saturated heterocycles. The number of hydrazine groups is 1. The van der Waals surface area contributed by atoms with E-state index in [0.717, 1.165) is 13.1 Å². The fraction of sp³-hybridized carbons (Fsp3) is 0.176. The second kappa shape index (κ2) is 4.60. The van der Waals surface area contributed by atoms with Crippen molar-refractivity contribution >= 4 is 5.69 Å². The third kappa shape index (κ3) is 1.83. The van der Waals surface area contributed by atoms with Gasteiger partial charge in [-0.25, -0.2) is 0 Å². The number of allylic oxidation sites excluding steroid dienone is 1. The molecular formula is C17H17N3. The van der Waals surface area contributed by atoms with Gasteiger partial charge in [0, 0.05) is 12.5 Å². The Kier molecular flexibility index (Phi) is 2.62. The maximum absolute atomic E-state index is 3.52. The van der Waals surface area contributed by atoms with Crippen LogP contribution in [0.15, 0.2) is 66.5 Å². The topological polar surface area (TPSA) is 27.3 Å². The number of anilines is 1. The van der Waals surface area contributed by atoms with Gasteiger partial charge >= 0.3 is 0 Å². The minimum absolute atomic E-state index is 0.283. The molecule has 4 rings (SSSR count). The van der Waals surface area contributed by atoms with Crippen molar-refractivity contribution in [2.75, 3.05) is 18.5 Å². The van der Waals surface area contributed by atoms with Crippen LogP contribution in [0.2, 0.25) is 0 Å². The lowest BCUT2D eigenvalue weighted by molar-refractivity contribution is 0.476. The minimum atomic E-state index is 0.283. The van der Waals surface area contributed by atoms with Crippen LogP contribution in [0.1, 0.15) is 17.0 Å². The highest BCUT2D eigenvalue weighted by atomic mass is 15.6. The maximum Gasteiger partial charge on any atom is 0.117 e. The van der Waals surface area contributed by atoms with Crippen molar-refractivity contribution in [3.63, 3.8) is 0 Å². The van der Waals surface area contributed by atoms with Crippen LogP contribution in [0, 0.1) is 0 Å². The number of hydrogen-bond acceptors (Lipinski definition) is 3. The molecule has 2 aromatic rings. The van der Waals surface area contributed by atoms with Crippen molar-refractivity contribution in [3.8, 4) is 0 Å². The van der Waals surface area contributed by atoms with Crippen molar-refractivity contribution in [2.24, 2.45) is 0 Å². The van der Waals surface area contributed by atoms with Crippen LogP contribution >= 0.6 is 0 Å². The smallest absolute Gasteiger partial charge is 0.117 e. The molecule has 2 aromatic carbocycles. The molecule has 0 spiro atoms. The molecule has 20 heavy (non-hydrogen) atoms. The second-order valence-electron chi connectivity index (χ2n) is 5.22. The highest BCUT2D eigenvalue weighted by Gasteiger charge is 2.25. The number of benzene rings is 2. The molecule has 1 unspecified atom stereocenters. The molecule has 0 saturated carbocycles. The SMILES string of the molecule is C1=C2NCCN2Nc2ccccc2C1c1ccccc1. The fourth-order valence-electron chi connectivity index (χ4n) is 2.98. The van der Waals surface area contributed by atoms with E-state index in [9.17, 15) is 0 Å². The van der Waals surface area contributed by atoms with Crippen LogP contribution in [-0.2, 0) is 0 Å². The normalized spacial score (nSPS) is 20.1. The number of fused-ring (bicyclic) bond motifs is 2. The van der Waals surface area contributed by atoms with E-state index >= 15 is 0 Å². The molecule has 3 nitrogen and oxygen atoms in total. The number of rotatable bonds is 1. The van der Waals surface area contributed by atoms with Gasteiger partial charge in [-0.2, -0.15) is 0 Å². The van der Waals surface area contributed by atoms with Crippen molar-refractivity contribution < 1.29 is 0 Å². The summed E-state index contributed by atoms with van der Waals surface area (Å²) in [7, 11) is 0. The Balaban J connectivity index is 1.88. The van der Waals surface area contributed by atoms with Gasteiger partial charge in [0.15, 0.2) is 0 Å².